The normalized spacial score (nSPS) is 12.4. The van der Waals surface area contributed by atoms with Crippen molar-refractivity contribution >= 4 is 17.2 Å². The molecule has 0 spiro atoms. The molecule has 0 N–H and O–H groups in total. The van der Waals surface area contributed by atoms with Gasteiger partial charge >= 0.3 is 6.18 Å². The number of hydrogen-bond acceptors (Lipinski definition) is 6. The Hall–Kier alpha value is -4.53. The van der Waals surface area contributed by atoms with Crippen LogP contribution in [0.1, 0.15) is 41.4 Å². The van der Waals surface area contributed by atoms with Crippen LogP contribution in [0.3, 0.4) is 0 Å². The zero-order chi connectivity index (χ0) is 29.5. The lowest BCUT2D eigenvalue weighted by molar-refractivity contribution is -0.141. The van der Waals surface area contributed by atoms with Crippen LogP contribution in [0, 0.1) is 18.3 Å². The van der Waals surface area contributed by atoms with Gasteiger partial charge in [0, 0.05) is 23.4 Å². The van der Waals surface area contributed by atoms with E-state index < -0.39 is 23.5 Å². The first-order valence-electron chi connectivity index (χ1n) is 12.4. The fourth-order valence-electron chi connectivity index (χ4n) is 4.57. The lowest BCUT2D eigenvalue weighted by Crippen LogP contribution is -2.31. The first-order valence-corrected chi connectivity index (χ1v) is 12.8. The Morgan fingerprint density at radius 2 is 1.63 bits per heavy atom. The summed E-state index contributed by atoms with van der Waals surface area (Å²) in [5.74, 6) is 0.318. The van der Waals surface area contributed by atoms with E-state index in [4.69, 9.17) is 16.3 Å². The lowest BCUT2D eigenvalue weighted by Gasteiger charge is -2.19. The highest BCUT2D eigenvalue weighted by molar-refractivity contribution is 6.30. The van der Waals surface area contributed by atoms with E-state index in [-0.39, 0.29) is 17.8 Å². The lowest BCUT2D eigenvalue weighted by atomic mass is 9.96. The highest BCUT2D eigenvalue weighted by Gasteiger charge is 2.33. The summed E-state index contributed by atoms with van der Waals surface area (Å²) in [7, 11) is 1.49. The second-order valence-electron chi connectivity index (χ2n) is 9.32. The van der Waals surface area contributed by atoms with Gasteiger partial charge in [0.05, 0.1) is 23.7 Å². The highest BCUT2D eigenvalue weighted by Crippen LogP contribution is 2.35. The Kier molecular flexibility index (Phi) is 7.38. The van der Waals surface area contributed by atoms with Gasteiger partial charge in [0.25, 0.3) is 5.56 Å². The number of nitrogens with zero attached hydrogens (tertiary/aromatic N) is 6. The molecule has 0 aliphatic carbocycles. The minimum atomic E-state index is -4.61. The average Bonchev–Trinajstić information content (AvgIpc) is 3.39. The van der Waals surface area contributed by atoms with E-state index in [9.17, 15) is 23.2 Å². The Balaban J connectivity index is 1.86. The molecule has 0 bridgehead atoms. The fourth-order valence-corrected chi connectivity index (χ4v) is 4.70. The third kappa shape index (κ3) is 5.19. The molecule has 8 nitrogen and oxygen atoms in total. The molecule has 5 rings (SSSR count). The first-order chi connectivity index (χ1) is 19.5. The van der Waals surface area contributed by atoms with Gasteiger partial charge in [0.1, 0.15) is 11.8 Å². The standard InChI is InChI=1S/C29H22ClF3N6O2/c1-16-21(10-13-23(35-16)29(31,32)33)15-38-28(40)25(20-6-4-18(14-34)5-7-20)24(19-8-11-22(30)12-9-19)27-37-36-26(39(27)38)17(2)41-3/h4-13,17H,15H2,1-3H3/t17-/m1/s1. The van der Waals surface area contributed by atoms with Gasteiger partial charge in [-0.1, -0.05) is 41.9 Å². The molecule has 3 aromatic heterocycles. The molecule has 1 atom stereocenters. The van der Waals surface area contributed by atoms with Crippen LogP contribution in [0.25, 0.3) is 27.9 Å². The number of benzene rings is 2. The third-order valence-corrected chi connectivity index (χ3v) is 7.04. The molecule has 0 saturated carbocycles. The van der Waals surface area contributed by atoms with Crippen LogP contribution < -0.4 is 5.56 Å². The monoisotopic (exact) mass is 578 g/mol. The van der Waals surface area contributed by atoms with E-state index in [2.05, 4.69) is 21.3 Å². The summed E-state index contributed by atoms with van der Waals surface area (Å²) in [4.78, 5) is 18.2. The summed E-state index contributed by atoms with van der Waals surface area (Å²) < 4.78 is 48.2. The molecule has 0 fully saturated rings. The fraction of sp³-hybridized carbons (Fsp3) is 0.207. The number of rotatable bonds is 6. The van der Waals surface area contributed by atoms with Gasteiger partial charge in [-0.2, -0.15) is 18.4 Å². The molecule has 3 heterocycles. The minimum Gasteiger partial charge on any atom is -0.374 e. The van der Waals surface area contributed by atoms with Gasteiger partial charge in [0.15, 0.2) is 11.5 Å². The number of aryl methyl sites for hydroxylation is 1. The van der Waals surface area contributed by atoms with Crippen molar-refractivity contribution in [1.29, 1.82) is 5.26 Å². The maximum Gasteiger partial charge on any atom is 0.433 e. The van der Waals surface area contributed by atoms with E-state index >= 15 is 0 Å². The molecule has 0 saturated heterocycles. The Bertz CT molecular complexity index is 1860. The number of aromatic nitrogens is 5. The number of halogens is 4. The maximum absolute atomic E-state index is 14.5. The Labute approximate surface area is 237 Å². The van der Waals surface area contributed by atoms with Crippen LogP contribution in [0.4, 0.5) is 13.2 Å². The third-order valence-electron chi connectivity index (χ3n) is 6.79. The van der Waals surface area contributed by atoms with Crippen molar-refractivity contribution in [3.05, 3.63) is 104 Å². The summed E-state index contributed by atoms with van der Waals surface area (Å²) in [6, 6.07) is 17.7. The highest BCUT2D eigenvalue weighted by atomic mass is 35.5. The van der Waals surface area contributed by atoms with Crippen LogP contribution in [-0.4, -0.2) is 31.5 Å². The van der Waals surface area contributed by atoms with Gasteiger partial charge in [0.2, 0.25) is 0 Å². The summed E-state index contributed by atoms with van der Waals surface area (Å²) >= 11 is 6.15. The number of methoxy groups -OCH3 is 1. The zero-order valence-electron chi connectivity index (χ0n) is 22.1. The molecular weight excluding hydrogens is 557 g/mol. The average molecular weight is 579 g/mol. The van der Waals surface area contributed by atoms with E-state index in [0.717, 1.165) is 6.07 Å². The number of pyridine rings is 1. The Morgan fingerprint density at radius 1 is 1.00 bits per heavy atom. The summed E-state index contributed by atoms with van der Waals surface area (Å²) in [5.41, 5.74) is 1.66. The summed E-state index contributed by atoms with van der Waals surface area (Å²) in [6.07, 6.45) is -5.19. The van der Waals surface area contributed by atoms with E-state index in [1.54, 1.807) is 55.5 Å². The molecule has 0 amide bonds. The van der Waals surface area contributed by atoms with Crippen molar-refractivity contribution in [1.82, 2.24) is 24.4 Å². The van der Waals surface area contributed by atoms with Gasteiger partial charge in [-0.05, 0) is 60.9 Å². The smallest absolute Gasteiger partial charge is 0.374 e. The van der Waals surface area contributed by atoms with Gasteiger partial charge in [-0.25, -0.2) is 14.2 Å². The van der Waals surface area contributed by atoms with E-state index in [0.29, 0.717) is 44.3 Å². The molecule has 5 aromatic rings. The SMILES string of the molecule is CO[C@H](C)c1nnc2c(-c3ccc(Cl)cc3)c(-c3ccc(C#N)cc3)c(=O)n(Cc3ccc(C(F)(F)F)nc3C)n12. The van der Waals surface area contributed by atoms with Crippen LogP contribution in [-0.2, 0) is 17.5 Å². The molecular formula is C29H22ClF3N6O2. The van der Waals surface area contributed by atoms with Crippen molar-refractivity contribution in [3.63, 3.8) is 0 Å². The largest absolute Gasteiger partial charge is 0.433 e. The zero-order valence-corrected chi connectivity index (χ0v) is 22.8. The van der Waals surface area contributed by atoms with Crippen molar-refractivity contribution < 1.29 is 17.9 Å². The molecule has 41 heavy (non-hydrogen) atoms. The van der Waals surface area contributed by atoms with Gasteiger partial charge < -0.3 is 4.74 Å². The molecule has 2 aromatic carbocycles. The van der Waals surface area contributed by atoms with E-state index in [1.165, 1.54) is 29.3 Å². The predicted octanol–water partition coefficient (Wildman–Crippen LogP) is 6.23. The number of fused-ring (bicyclic) bond motifs is 1. The second kappa shape index (κ2) is 10.8. The summed E-state index contributed by atoms with van der Waals surface area (Å²) in [5, 5.41) is 18.6. The van der Waals surface area contributed by atoms with Crippen molar-refractivity contribution in [3.8, 4) is 28.3 Å². The number of nitriles is 1. The Morgan fingerprint density at radius 3 is 2.22 bits per heavy atom. The van der Waals surface area contributed by atoms with Crippen LogP contribution in [0.5, 0.6) is 0 Å². The van der Waals surface area contributed by atoms with Crippen LogP contribution >= 0.6 is 11.6 Å². The minimum absolute atomic E-state index is 0.121. The van der Waals surface area contributed by atoms with E-state index in [1.807, 2.05) is 0 Å². The molecule has 0 aliphatic heterocycles. The van der Waals surface area contributed by atoms with Crippen LogP contribution in [0.2, 0.25) is 5.02 Å². The quantitative estimate of drug-likeness (QED) is 0.237. The molecule has 12 heteroatoms. The first kappa shape index (κ1) is 28.0. The molecule has 208 valence electrons. The molecule has 0 aliphatic rings. The number of alkyl halides is 3. The van der Waals surface area contributed by atoms with Crippen molar-refractivity contribution in [2.24, 2.45) is 0 Å². The number of ether oxygens (including phenoxy) is 1. The van der Waals surface area contributed by atoms with Crippen molar-refractivity contribution in [2.75, 3.05) is 7.11 Å². The predicted molar refractivity (Wildman–Crippen MR) is 146 cm³/mol. The topological polar surface area (TPSA) is 98.1 Å². The summed E-state index contributed by atoms with van der Waals surface area (Å²) in [6.45, 7) is 3.08. The molecule has 0 radical (unpaired) electrons. The van der Waals surface area contributed by atoms with Gasteiger partial charge in [-0.15, -0.1) is 10.2 Å². The van der Waals surface area contributed by atoms with Gasteiger partial charge in [-0.3, -0.25) is 4.79 Å². The maximum atomic E-state index is 14.5. The van der Waals surface area contributed by atoms with Crippen molar-refractivity contribution in [2.45, 2.75) is 32.7 Å². The second-order valence-corrected chi connectivity index (χ2v) is 9.76. The molecule has 0 unspecified atom stereocenters. The number of hydrogen-bond donors (Lipinski definition) is 0. The van der Waals surface area contributed by atoms with Crippen LogP contribution in [0.15, 0.2) is 65.5 Å².